The molecule has 0 fully saturated rings. The molecule has 0 saturated heterocycles. The number of carbonyl (C=O) groups excluding carboxylic acids is 2. The molecule has 3 aromatic rings. The van der Waals surface area contributed by atoms with E-state index in [0.29, 0.717) is 5.56 Å². The number of carbonyl (C=O) groups is 2. The maximum absolute atomic E-state index is 13.1. The third kappa shape index (κ3) is 5.69. The van der Waals surface area contributed by atoms with Crippen LogP contribution in [0, 0.1) is 13.8 Å². The topological polar surface area (TPSA) is 90.3 Å². The molecule has 2 aromatic carbocycles. The molecular weight excluding hydrogens is 451 g/mol. The highest BCUT2D eigenvalue weighted by Gasteiger charge is 2.31. The van der Waals surface area contributed by atoms with Crippen molar-refractivity contribution in [2.45, 2.75) is 32.5 Å². The Kier molecular flexibility index (Phi) is 7.19. The van der Waals surface area contributed by atoms with Crippen LogP contribution in [0.5, 0.6) is 0 Å². The average molecular weight is 473 g/mol. The predicted molar refractivity (Wildman–Crippen MR) is 118 cm³/mol. The fourth-order valence-electron chi connectivity index (χ4n) is 3.31. The van der Waals surface area contributed by atoms with Gasteiger partial charge in [0, 0.05) is 11.8 Å². The van der Waals surface area contributed by atoms with Gasteiger partial charge in [-0.15, -0.1) is 0 Å². The molecule has 0 aliphatic rings. The van der Waals surface area contributed by atoms with E-state index >= 15 is 0 Å². The van der Waals surface area contributed by atoms with Gasteiger partial charge in [-0.1, -0.05) is 35.9 Å². The number of hydrogen-bond acceptors (Lipinski definition) is 5. The SMILES string of the molecule is COC(=O)CC(NC(=O)c1nn(-c2cccc(C(F)(F)F)c2)c(C)cc1=O)c1ccc(C)cc1. The second-order valence-corrected chi connectivity index (χ2v) is 7.68. The van der Waals surface area contributed by atoms with Crippen molar-refractivity contribution in [2.24, 2.45) is 0 Å². The number of halogens is 3. The lowest BCUT2D eigenvalue weighted by Gasteiger charge is -2.19. The maximum Gasteiger partial charge on any atom is 0.416 e. The van der Waals surface area contributed by atoms with Gasteiger partial charge in [0.25, 0.3) is 5.91 Å². The quantitative estimate of drug-likeness (QED) is 0.549. The highest BCUT2D eigenvalue weighted by atomic mass is 19.4. The Bertz CT molecular complexity index is 1270. The van der Waals surface area contributed by atoms with Gasteiger partial charge in [-0.3, -0.25) is 14.4 Å². The van der Waals surface area contributed by atoms with Gasteiger partial charge in [-0.25, -0.2) is 4.68 Å². The van der Waals surface area contributed by atoms with Crippen LogP contribution in [0.25, 0.3) is 5.69 Å². The first-order valence-corrected chi connectivity index (χ1v) is 10.2. The Morgan fingerprint density at radius 1 is 1.09 bits per heavy atom. The minimum absolute atomic E-state index is 0.0334. The Morgan fingerprint density at radius 2 is 1.76 bits per heavy atom. The second-order valence-electron chi connectivity index (χ2n) is 7.68. The van der Waals surface area contributed by atoms with Gasteiger partial charge in [0.05, 0.1) is 30.8 Å². The summed E-state index contributed by atoms with van der Waals surface area (Å²) in [5.74, 6) is -1.45. The molecule has 1 amide bonds. The number of ether oxygens (including phenoxy) is 1. The van der Waals surface area contributed by atoms with Crippen LogP contribution in [0.15, 0.2) is 59.4 Å². The highest BCUT2D eigenvalue weighted by molar-refractivity contribution is 5.92. The highest BCUT2D eigenvalue weighted by Crippen LogP contribution is 2.30. The summed E-state index contributed by atoms with van der Waals surface area (Å²) in [6.45, 7) is 3.37. The van der Waals surface area contributed by atoms with E-state index in [1.54, 1.807) is 24.3 Å². The van der Waals surface area contributed by atoms with E-state index in [-0.39, 0.29) is 17.8 Å². The summed E-state index contributed by atoms with van der Waals surface area (Å²) in [7, 11) is 1.21. The van der Waals surface area contributed by atoms with Crippen LogP contribution in [0.3, 0.4) is 0 Å². The minimum Gasteiger partial charge on any atom is -0.469 e. The number of alkyl halides is 3. The molecule has 0 spiro atoms. The van der Waals surface area contributed by atoms with Crippen molar-refractivity contribution in [2.75, 3.05) is 7.11 Å². The van der Waals surface area contributed by atoms with Crippen molar-refractivity contribution < 1.29 is 27.5 Å². The molecular formula is C24H22F3N3O4. The van der Waals surface area contributed by atoms with Gasteiger partial charge < -0.3 is 10.1 Å². The summed E-state index contributed by atoms with van der Waals surface area (Å²) in [6.07, 6.45) is -4.77. The van der Waals surface area contributed by atoms with Crippen LogP contribution < -0.4 is 10.7 Å². The van der Waals surface area contributed by atoms with Crippen molar-refractivity contribution in [1.82, 2.24) is 15.1 Å². The van der Waals surface area contributed by atoms with E-state index in [1.165, 1.54) is 26.2 Å². The van der Waals surface area contributed by atoms with Crippen LogP contribution in [0.4, 0.5) is 13.2 Å². The van der Waals surface area contributed by atoms with E-state index in [1.807, 2.05) is 6.92 Å². The van der Waals surface area contributed by atoms with Gasteiger partial charge >= 0.3 is 12.1 Å². The lowest BCUT2D eigenvalue weighted by molar-refractivity contribution is -0.141. The van der Waals surface area contributed by atoms with Crippen LogP contribution in [-0.4, -0.2) is 28.8 Å². The summed E-state index contributed by atoms with van der Waals surface area (Å²) >= 11 is 0. The molecule has 3 rings (SSSR count). The average Bonchev–Trinajstić information content (AvgIpc) is 2.78. The molecule has 0 radical (unpaired) electrons. The van der Waals surface area contributed by atoms with Crippen molar-refractivity contribution in [3.8, 4) is 5.69 Å². The van der Waals surface area contributed by atoms with Crippen LogP contribution in [0.2, 0.25) is 0 Å². The van der Waals surface area contributed by atoms with Gasteiger partial charge in [0.1, 0.15) is 0 Å². The van der Waals surface area contributed by atoms with Crippen molar-refractivity contribution in [3.63, 3.8) is 0 Å². The molecule has 0 aliphatic heterocycles. The van der Waals surface area contributed by atoms with Gasteiger partial charge in [0.15, 0.2) is 5.69 Å². The van der Waals surface area contributed by atoms with Crippen molar-refractivity contribution >= 4 is 11.9 Å². The number of aromatic nitrogens is 2. The monoisotopic (exact) mass is 473 g/mol. The molecule has 0 bridgehead atoms. The fraction of sp³-hybridized carbons (Fsp3) is 0.250. The smallest absolute Gasteiger partial charge is 0.416 e. The molecule has 0 aliphatic carbocycles. The number of nitrogens with one attached hydrogen (secondary N) is 1. The Balaban J connectivity index is 1.98. The van der Waals surface area contributed by atoms with Crippen molar-refractivity contribution in [1.29, 1.82) is 0 Å². The summed E-state index contributed by atoms with van der Waals surface area (Å²) in [5, 5.41) is 6.65. The normalized spacial score (nSPS) is 12.2. The van der Waals surface area contributed by atoms with E-state index in [0.717, 1.165) is 28.4 Å². The fourth-order valence-corrected chi connectivity index (χ4v) is 3.31. The summed E-state index contributed by atoms with van der Waals surface area (Å²) in [4.78, 5) is 37.4. The Morgan fingerprint density at radius 3 is 2.38 bits per heavy atom. The number of esters is 1. The van der Waals surface area contributed by atoms with Gasteiger partial charge in [-0.05, 0) is 37.6 Å². The van der Waals surface area contributed by atoms with E-state index in [9.17, 15) is 27.6 Å². The van der Waals surface area contributed by atoms with E-state index in [2.05, 4.69) is 10.4 Å². The molecule has 1 unspecified atom stereocenters. The first-order valence-electron chi connectivity index (χ1n) is 10.2. The van der Waals surface area contributed by atoms with Crippen LogP contribution in [0.1, 0.15) is 45.3 Å². The first-order chi connectivity index (χ1) is 16.0. The van der Waals surface area contributed by atoms with E-state index in [4.69, 9.17) is 4.74 Å². The zero-order valence-corrected chi connectivity index (χ0v) is 18.6. The standard InChI is InChI=1S/C24H22F3N3O4/c1-14-7-9-16(10-8-14)19(13-21(32)34-3)28-23(33)22-20(31)11-15(2)30(29-22)18-6-4-5-17(12-18)24(25,26)27/h4-12,19H,13H2,1-3H3,(H,28,33). The minimum atomic E-state index is -4.57. The molecule has 1 aromatic heterocycles. The van der Waals surface area contributed by atoms with Crippen molar-refractivity contribution in [3.05, 3.63) is 92.9 Å². The number of aryl methyl sites for hydroxylation is 2. The molecule has 1 heterocycles. The summed E-state index contributed by atoms with van der Waals surface area (Å²) in [5.41, 5.74) is -0.278. The molecule has 1 atom stereocenters. The van der Waals surface area contributed by atoms with Gasteiger partial charge in [0.2, 0.25) is 5.43 Å². The zero-order valence-electron chi connectivity index (χ0n) is 18.6. The Hall–Kier alpha value is -3.95. The predicted octanol–water partition coefficient (Wildman–Crippen LogP) is 3.90. The number of benzene rings is 2. The zero-order chi connectivity index (χ0) is 25.0. The maximum atomic E-state index is 13.1. The lowest BCUT2D eigenvalue weighted by Crippen LogP contribution is -2.35. The van der Waals surface area contributed by atoms with E-state index < -0.39 is 40.8 Å². The molecule has 34 heavy (non-hydrogen) atoms. The summed E-state index contributed by atoms with van der Waals surface area (Å²) in [6, 6.07) is 11.7. The van der Waals surface area contributed by atoms with Crippen LogP contribution >= 0.6 is 0 Å². The molecule has 178 valence electrons. The number of methoxy groups -OCH3 is 1. The van der Waals surface area contributed by atoms with Crippen LogP contribution in [-0.2, 0) is 15.7 Å². The molecule has 10 heteroatoms. The molecule has 0 saturated carbocycles. The molecule has 1 N–H and O–H groups in total. The number of hydrogen-bond donors (Lipinski definition) is 1. The molecule has 7 nitrogen and oxygen atoms in total. The third-order valence-corrected chi connectivity index (χ3v) is 5.12. The third-order valence-electron chi connectivity index (χ3n) is 5.12. The Labute approximate surface area is 193 Å². The summed E-state index contributed by atoms with van der Waals surface area (Å²) < 4.78 is 45.2. The van der Waals surface area contributed by atoms with Gasteiger partial charge in [-0.2, -0.15) is 18.3 Å². The largest absolute Gasteiger partial charge is 0.469 e. The number of nitrogens with zero attached hydrogens (tertiary/aromatic N) is 2. The lowest BCUT2D eigenvalue weighted by atomic mass is 10.0. The number of amides is 1. The second kappa shape index (κ2) is 9.90. The number of rotatable bonds is 6. The first kappa shape index (κ1) is 24.7.